The minimum atomic E-state index is -0.984. The zero-order chi connectivity index (χ0) is 24.9. The average Bonchev–Trinajstić information content (AvgIpc) is 2.88. The fraction of sp³-hybridized carbons (Fsp3) is 0.400. The van der Waals surface area contributed by atoms with Crippen molar-refractivity contribution in [2.24, 2.45) is 5.92 Å². The molecular formula is C30H32F4O. The lowest BCUT2D eigenvalue weighted by molar-refractivity contribution is 0.192. The number of hydrogen-bond acceptors (Lipinski definition) is 1. The SMILES string of the molecule is CCCc1ccc(-c2ccc(OCC3CCC(c4ccc(CC)c(F)c4F)CC3)c(F)c2F)cc1. The first-order valence-electron chi connectivity index (χ1n) is 12.6. The highest BCUT2D eigenvalue weighted by molar-refractivity contribution is 5.65. The van der Waals surface area contributed by atoms with Gasteiger partial charge in [0.1, 0.15) is 0 Å². The first kappa shape index (κ1) is 25.3. The third-order valence-electron chi connectivity index (χ3n) is 7.18. The first-order valence-corrected chi connectivity index (χ1v) is 12.6. The van der Waals surface area contributed by atoms with Gasteiger partial charge >= 0.3 is 0 Å². The molecule has 0 bridgehead atoms. The van der Waals surface area contributed by atoms with Crippen molar-refractivity contribution in [1.29, 1.82) is 0 Å². The topological polar surface area (TPSA) is 9.23 Å². The molecule has 0 unspecified atom stereocenters. The van der Waals surface area contributed by atoms with Crippen molar-refractivity contribution >= 4 is 0 Å². The lowest BCUT2D eigenvalue weighted by Crippen LogP contribution is -2.20. The smallest absolute Gasteiger partial charge is 0.201 e. The van der Waals surface area contributed by atoms with E-state index in [1.54, 1.807) is 25.1 Å². The van der Waals surface area contributed by atoms with Crippen molar-refractivity contribution in [2.45, 2.75) is 64.7 Å². The van der Waals surface area contributed by atoms with Gasteiger partial charge in [0, 0.05) is 5.56 Å². The summed E-state index contributed by atoms with van der Waals surface area (Å²) in [4.78, 5) is 0. The minimum absolute atomic E-state index is 0.0381. The first-order chi connectivity index (χ1) is 16.9. The number of benzene rings is 3. The molecule has 1 fully saturated rings. The van der Waals surface area contributed by atoms with Crippen LogP contribution in [0.15, 0.2) is 48.5 Å². The summed E-state index contributed by atoms with van der Waals surface area (Å²) in [7, 11) is 0. The summed E-state index contributed by atoms with van der Waals surface area (Å²) in [5.41, 5.74) is 2.83. The van der Waals surface area contributed by atoms with Gasteiger partial charge in [0.05, 0.1) is 6.61 Å². The Kier molecular flexibility index (Phi) is 8.15. The number of hydrogen-bond donors (Lipinski definition) is 0. The standard InChI is InChI=1S/C30H32F4O/c1-3-5-19-6-10-22(11-7-19)25-16-17-26(30(34)29(25)33)35-18-20-8-12-23(13-9-20)24-15-14-21(4-2)27(31)28(24)32/h6-7,10-11,14-17,20,23H,3-5,8-9,12-13,18H2,1-2H3. The van der Waals surface area contributed by atoms with E-state index in [-0.39, 0.29) is 29.8 Å². The van der Waals surface area contributed by atoms with Crippen LogP contribution in [0, 0.1) is 29.2 Å². The zero-order valence-electron chi connectivity index (χ0n) is 20.4. The Morgan fingerprint density at radius 2 is 1.46 bits per heavy atom. The molecule has 4 rings (SSSR count). The van der Waals surface area contributed by atoms with E-state index in [4.69, 9.17) is 4.74 Å². The summed E-state index contributed by atoms with van der Waals surface area (Å²) >= 11 is 0. The molecular weight excluding hydrogens is 452 g/mol. The summed E-state index contributed by atoms with van der Waals surface area (Å²) in [6, 6.07) is 13.9. The Bertz CT molecular complexity index is 1150. The molecule has 0 radical (unpaired) electrons. The second kappa shape index (κ2) is 11.3. The van der Waals surface area contributed by atoms with Gasteiger partial charge in [-0.25, -0.2) is 13.2 Å². The molecule has 186 valence electrons. The largest absolute Gasteiger partial charge is 0.490 e. The summed E-state index contributed by atoms with van der Waals surface area (Å²) in [5.74, 6) is -3.36. The van der Waals surface area contributed by atoms with Gasteiger partial charge < -0.3 is 4.74 Å². The van der Waals surface area contributed by atoms with E-state index in [1.165, 1.54) is 6.07 Å². The van der Waals surface area contributed by atoms with E-state index in [1.807, 2.05) is 24.3 Å². The highest BCUT2D eigenvalue weighted by Gasteiger charge is 2.27. The maximum atomic E-state index is 14.8. The van der Waals surface area contributed by atoms with E-state index in [9.17, 15) is 17.6 Å². The van der Waals surface area contributed by atoms with Crippen molar-refractivity contribution in [3.05, 3.63) is 88.5 Å². The molecule has 0 aromatic heterocycles. The van der Waals surface area contributed by atoms with E-state index in [2.05, 4.69) is 6.92 Å². The van der Waals surface area contributed by atoms with Crippen LogP contribution in [-0.4, -0.2) is 6.61 Å². The van der Waals surface area contributed by atoms with Gasteiger partial charge in [0.2, 0.25) is 5.82 Å². The molecule has 1 nitrogen and oxygen atoms in total. The lowest BCUT2D eigenvalue weighted by atomic mass is 9.78. The predicted molar refractivity (Wildman–Crippen MR) is 132 cm³/mol. The van der Waals surface area contributed by atoms with E-state index in [0.29, 0.717) is 36.0 Å². The molecule has 0 heterocycles. The van der Waals surface area contributed by atoms with Crippen molar-refractivity contribution in [1.82, 2.24) is 0 Å². The molecule has 0 aliphatic heterocycles. The lowest BCUT2D eigenvalue weighted by Gasteiger charge is -2.29. The van der Waals surface area contributed by atoms with Gasteiger partial charge in [-0.3, -0.25) is 0 Å². The van der Waals surface area contributed by atoms with E-state index < -0.39 is 23.3 Å². The highest BCUT2D eigenvalue weighted by atomic mass is 19.2. The van der Waals surface area contributed by atoms with Crippen molar-refractivity contribution in [3.63, 3.8) is 0 Å². The molecule has 1 aliphatic carbocycles. The van der Waals surface area contributed by atoms with Crippen molar-refractivity contribution in [2.75, 3.05) is 6.61 Å². The Hall–Kier alpha value is -2.82. The van der Waals surface area contributed by atoms with Gasteiger partial charge in [-0.2, -0.15) is 4.39 Å². The van der Waals surface area contributed by atoms with Gasteiger partial charge in [-0.1, -0.05) is 56.7 Å². The van der Waals surface area contributed by atoms with Crippen LogP contribution in [0.25, 0.3) is 11.1 Å². The molecule has 0 spiro atoms. The van der Waals surface area contributed by atoms with E-state index in [0.717, 1.165) is 31.2 Å². The molecule has 0 amide bonds. The highest BCUT2D eigenvalue weighted by Crippen LogP contribution is 2.38. The van der Waals surface area contributed by atoms with Crippen LogP contribution in [0.4, 0.5) is 17.6 Å². The predicted octanol–water partition coefficient (Wildman–Crippen LogP) is 8.78. The van der Waals surface area contributed by atoms with Crippen LogP contribution in [-0.2, 0) is 12.8 Å². The zero-order valence-corrected chi connectivity index (χ0v) is 20.4. The maximum Gasteiger partial charge on any atom is 0.201 e. The summed E-state index contributed by atoms with van der Waals surface area (Å²) in [6.07, 6.45) is 5.36. The van der Waals surface area contributed by atoms with Crippen LogP contribution in [0.1, 0.15) is 68.6 Å². The second-order valence-corrected chi connectivity index (χ2v) is 9.51. The Morgan fingerprint density at radius 1 is 0.743 bits per heavy atom. The number of ether oxygens (including phenoxy) is 1. The molecule has 1 saturated carbocycles. The van der Waals surface area contributed by atoms with Crippen molar-refractivity contribution in [3.8, 4) is 16.9 Å². The molecule has 5 heteroatoms. The molecule has 0 N–H and O–H groups in total. The number of halogens is 4. The Morgan fingerprint density at radius 3 is 2.11 bits per heavy atom. The van der Waals surface area contributed by atoms with Gasteiger partial charge in [0.15, 0.2) is 23.2 Å². The van der Waals surface area contributed by atoms with Crippen LogP contribution >= 0.6 is 0 Å². The Labute approximate surface area is 205 Å². The maximum absolute atomic E-state index is 14.8. The monoisotopic (exact) mass is 484 g/mol. The van der Waals surface area contributed by atoms with Gasteiger partial charge in [0.25, 0.3) is 0 Å². The summed E-state index contributed by atoms with van der Waals surface area (Å²) in [5, 5.41) is 0. The molecule has 3 aromatic rings. The van der Waals surface area contributed by atoms with Crippen LogP contribution < -0.4 is 4.74 Å². The van der Waals surface area contributed by atoms with Crippen LogP contribution in [0.2, 0.25) is 0 Å². The normalized spacial score (nSPS) is 18.0. The summed E-state index contributed by atoms with van der Waals surface area (Å²) in [6.45, 7) is 4.16. The molecule has 35 heavy (non-hydrogen) atoms. The van der Waals surface area contributed by atoms with Crippen molar-refractivity contribution < 1.29 is 22.3 Å². The number of rotatable bonds is 8. The van der Waals surface area contributed by atoms with Gasteiger partial charge in [-0.05, 0) is 84.7 Å². The molecule has 0 saturated heterocycles. The quantitative estimate of drug-likeness (QED) is 0.290. The second-order valence-electron chi connectivity index (χ2n) is 9.51. The Balaban J connectivity index is 1.36. The van der Waals surface area contributed by atoms with Crippen LogP contribution in [0.3, 0.4) is 0 Å². The third kappa shape index (κ3) is 5.55. The fourth-order valence-electron chi connectivity index (χ4n) is 5.05. The summed E-state index contributed by atoms with van der Waals surface area (Å²) < 4.78 is 63.9. The third-order valence-corrected chi connectivity index (χ3v) is 7.18. The minimum Gasteiger partial charge on any atom is -0.490 e. The van der Waals surface area contributed by atoms with E-state index >= 15 is 0 Å². The average molecular weight is 485 g/mol. The van der Waals surface area contributed by atoms with Crippen LogP contribution in [0.5, 0.6) is 5.75 Å². The fourth-order valence-corrected chi connectivity index (χ4v) is 5.05. The molecule has 1 aliphatic rings. The van der Waals surface area contributed by atoms with Gasteiger partial charge in [-0.15, -0.1) is 0 Å². The molecule has 3 aromatic carbocycles. The number of aryl methyl sites for hydroxylation is 2. The molecule has 0 atom stereocenters.